The zero-order chi connectivity index (χ0) is 16.9. The topological polar surface area (TPSA) is 84.2 Å². The lowest BCUT2D eigenvalue weighted by molar-refractivity contribution is -0.140. The smallest absolute Gasteiger partial charge is 0.244 e. The Hall–Kier alpha value is -2.00. The van der Waals surface area contributed by atoms with Crippen LogP contribution in [-0.2, 0) is 22.6 Å². The standard InChI is InChI=1S/C14H17ClN6O2S/c15-12-3-1-11(24-12)2-4-13(22)19-5-7-20(8-6-19)14(23)9-21-10-16-17-18-21/h1,3,10H,2,4-9H2. The summed E-state index contributed by atoms with van der Waals surface area (Å²) in [6, 6.07) is 3.80. The third-order valence-electron chi connectivity index (χ3n) is 3.89. The van der Waals surface area contributed by atoms with Gasteiger partial charge in [-0.25, -0.2) is 4.68 Å². The summed E-state index contributed by atoms with van der Waals surface area (Å²) in [6.45, 7) is 2.33. The van der Waals surface area contributed by atoms with Crippen LogP contribution in [0.1, 0.15) is 11.3 Å². The van der Waals surface area contributed by atoms with E-state index >= 15 is 0 Å². The highest BCUT2D eigenvalue weighted by atomic mass is 35.5. The zero-order valence-corrected chi connectivity index (χ0v) is 14.5. The van der Waals surface area contributed by atoms with Crippen LogP contribution in [0.2, 0.25) is 4.34 Å². The van der Waals surface area contributed by atoms with Crippen molar-refractivity contribution in [2.45, 2.75) is 19.4 Å². The molecule has 2 aromatic heterocycles. The van der Waals surface area contributed by atoms with E-state index in [1.807, 2.05) is 17.0 Å². The number of amides is 2. The van der Waals surface area contributed by atoms with Crippen molar-refractivity contribution in [2.75, 3.05) is 26.2 Å². The molecule has 128 valence electrons. The van der Waals surface area contributed by atoms with Crippen LogP contribution in [0.25, 0.3) is 0 Å². The molecule has 0 unspecified atom stereocenters. The van der Waals surface area contributed by atoms with Gasteiger partial charge < -0.3 is 9.80 Å². The van der Waals surface area contributed by atoms with Gasteiger partial charge in [0.15, 0.2) is 0 Å². The van der Waals surface area contributed by atoms with Crippen LogP contribution < -0.4 is 0 Å². The maximum atomic E-state index is 12.3. The van der Waals surface area contributed by atoms with Gasteiger partial charge in [0.2, 0.25) is 11.8 Å². The predicted molar refractivity (Wildman–Crippen MR) is 88.6 cm³/mol. The molecule has 0 atom stereocenters. The van der Waals surface area contributed by atoms with Gasteiger partial charge in [-0.05, 0) is 29.0 Å². The summed E-state index contributed by atoms with van der Waals surface area (Å²) in [5.41, 5.74) is 0. The molecule has 0 radical (unpaired) electrons. The number of piperazine rings is 1. The van der Waals surface area contributed by atoms with Crippen molar-refractivity contribution in [2.24, 2.45) is 0 Å². The van der Waals surface area contributed by atoms with Crippen molar-refractivity contribution in [3.05, 3.63) is 27.7 Å². The molecule has 1 aliphatic rings. The summed E-state index contributed by atoms with van der Waals surface area (Å²) >= 11 is 7.40. The Bertz CT molecular complexity index is 696. The van der Waals surface area contributed by atoms with Crippen LogP contribution in [0.3, 0.4) is 0 Å². The van der Waals surface area contributed by atoms with Gasteiger partial charge in [0.05, 0.1) is 4.34 Å². The Morgan fingerprint density at radius 1 is 1.12 bits per heavy atom. The normalized spacial score (nSPS) is 14.9. The molecule has 0 aromatic carbocycles. The minimum Gasteiger partial charge on any atom is -0.339 e. The molecule has 0 spiro atoms. The van der Waals surface area contributed by atoms with Gasteiger partial charge in [-0.3, -0.25) is 9.59 Å². The molecule has 0 bridgehead atoms. The Kier molecular flexibility index (Phi) is 5.41. The summed E-state index contributed by atoms with van der Waals surface area (Å²) in [6.07, 6.45) is 2.58. The van der Waals surface area contributed by atoms with E-state index < -0.39 is 0 Å². The molecule has 3 heterocycles. The van der Waals surface area contributed by atoms with Crippen LogP contribution in [0.15, 0.2) is 18.5 Å². The van der Waals surface area contributed by atoms with E-state index in [1.165, 1.54) is 22.3 Å². The van der Waals surface area contributed by atoms with Crippen LogP contribution in [-0.4, -0.2) is 68.0 Å². The largest absolute Gasteiger partial charge is 0.339 e. The molecular weight excluding hydrogens is 352 g/mol. The van der Waals surface area contributed by atoms with Crippen LogP contribution >= 0.6 is 22.9 Å². The maximum absolute atomic E-state index is 12.3. The highest BCUT2D eigenvalue weighted by Gasteiger charge is 2.24. The second-order valence-corrected chi connectivity index (χ2v) is 7.27. The van der Waals surface area contributed by atoms with E-state index in [9.17, 15) is 9.59 Å². The average Bonchev–Trinajstić information content (AvgIpc) is 3.24. The van der Waals surface area contributed by atoms with Crippen LogP contribution in [0, 0.1) is 0 Å². The SMILES string of the molecule is O=C(CCc1ccc(Cl)s1)N1CCN(C(=O)Cn2cnnn2)CC1. The van der Waals surface area contributed by atoms with E-state index in [2.05, 4.69) is 15.5 Å². The third kappa shape index (κ3) is 4.30. The molecular formula is C14H17ClN6O2S. The summed E-state index contributed by atoms with van der Waals surface area (Å²) < 4.78 is 2.14. The van der Waals surface area contributed by atoms with E-state index in [0.29, 0.717) is 39.0 Å². The van der Waals surface area contributed by atoms with E-state index in [0.717, 1.165) is 9.21 Å². The molecule has 1 saturated heterocycles. The van der Waals surface area contributed by atoms with Gasteiger partial charge >= 0.3 is 0 Å². The van der Waals surface area contributed by atoms with Crippen molar-refractivity contribution < 1.29 is 9.59 Å². The Morgan fingerprint density at radius 3 is 2.42 bits per heavy atom. The van der Waals surface area contributed by atoms with Crippen molar-refractivity contribution in [1.29, 1.82) is 0 Å². The lowest BCUT2D eigenvalue weighted by Crippen LogP contribution is -2.51. The molecule has 10 heteroatoms. The fourth-order valence-corrected chi connectivity index (χ4v) is 3.66. The van der Waals surface area contributed by atoms with E-state index in [4.69, 9.17) is 11.6 Å². The third-order valence-corrected chi connectivity index (χ3v) is 5.18. The Balaban J connectivity index is 1.42. The first-order chi connectivity index (χ1) is 11.6. The molecule has 1 aliphatic heterocycles. The molecule has 24 heavy (non-hydrogen) atoms. The first-order valence-electron chi connectivity index (χ1n) is 7.62. The maximum Gasteiger partial charge on any atom is 0.244 e. The summed E-state index contributed by atoms with van der Waals surface area (Å²) in [7, 11) is 0. The number of carbonyl (C=O) groups is 2. The number of hydrogen-bond acceptors (Lipinski definition) is 6. The second-order valence-electron chi connectivity index (χ2n) is 5.47. The predicted octanol–water partition coefficient (Wildman–Crippen LogP) is 0.692. The molecule has 0 saturated carbocycles. The van der Waals surface area contributed by atoms with Gasteiger partial charge in [0, 0.05) is 37.5 Å². The molecule has 2 amide bonds. The first-order valence-corrected chi connectivity index (χ1v) is 8.82. The zero-order valence-electron chi connectivity index (χ0n) is 13.0. The van der Waals surface area contributed by atoms with Crippen LogP contribution in [0.5, 0.6) is 0 Å². The Labute approximate surface area is 148 Å². The fraction of sp³-hybridized carbons (Fsp3) is 0.500. The van der Waals surface area contributed by atoms with E-state index in [1.54, 1.807) is 4.90 Å². The van der Waals surface area contributed by atoms with Crippen molar-refractivity contribution in [1.82, 2.24) is 30.0 Å². The van der Waals surface area contributed by atoms with Crippen LogP contribution in [0.4, 0.5) is 0 Å². The number of nitrogens with zero attached hydrogens (tertiary/aromatic N) is 6. The van der Waals surface area contributed by atoms with Crippen molar-refractivity contribution >= 4 is 34.8 Å². The first kappa shape index (κ1) is 16.8. The number of aromatic nitrogens is 4. The summed E-state index contributed by atoms with van der Waals surface area (Å²) in [5, 5.41) is 10.7. The van der Waals surface area contributed by atoms with E-state index in [-0.39, 0.29) is 18.4 Å². The monoisotopic (exact) mass is 368 g/mol. The minimum absolute atomic E-state index is 0.0392. The summed E-state index contributed by atoms with van der Waals surface area (Å²) in [5.74, 6) is 0.0784. The number of halogens is 1. The number of thiophene rings is 1. The second kappa shape index (κ2) is 7.71. The summed E-state index contributed by atoms with van der Waals surface area (Å²) in [4.78, 5) is 29.1. The fourth-order valence-electron chi connectivity index (χ4n) is 2.57. The molecule has 1 fully saturated rings. The van der Waals surface area contributed by atoms with Gasteiger partial charge in [-0.15, -0.1) is 16.4 Å². The van der Waals surface area contributed by atoms with Gasteiger partial charge in [-0.2, -0.15) is 0 Å². The molecule has 0 aliphatic carbocycles. The highest BCUT2D eigenvalue weighted by Crippen LogP contribution is 2.22. The van der Waals surface area contributed by atoms with Gasteiger partial charge in [-0.1, -0.05) is 11.6 Å². The minimum atomic E-state index is -0.0392. The average molecular weight is 369 g/mol. The Morgan fingerprint density at radius 2 is 1.83 bits per heavy atom. The number of carbonyl (C=O) groups excluding carboxylic acids is 2. The lowest BCUT2D eigenvalue weighted by atomic mass is 10.2. The van der Waals surface area contributed by atoms with Gasteiger partial charge in [0.25, 0.3) is 0 Å². The molecule has 3 rings (SSSR count). The number of tetrazole rings is 1. The molecule has 2 aromatic rings. The molecule has 8 nitrogen and oxygen atoms in total. The van der Waals surface area contributed by atoms with Gasteiger partial charge in [0.1, 0.15) is 12.9 Å². The quantitative estimate of drug-likeness (QED) is 0.775. The highest BCUT2D eigenvalue weighted by molar-refractivity contribution is 7.16. The lowest BCUT2D eigenvalue weighted by Gasteiger charge is -2.34. The van der Waals surface area contributed by atoms with Crippen molar-refractivity contribution in [3.8, 4) is 0 Å². The van der Waals surface area contributed by atoms with Crippen molar-refractivity contribution in [3.63, 3.8) is 0 Å². The number of rotatable bonds is 5. The number of hydrogen-bond donors (Lipinski definition) is 0. The number of aryl methyl sites for hydroxylation is 1. The molecule has 0 N–H and O–H groups in total.